The minimum absolute atomic E-state index is 0.0288. The SMILES string of the molecule is O=[N+]([O-])c1cccnc1-n1cccc1CCCO. The molecule has 0 aliphatic rings. The van der Waals surface area contributed by atoms with Gasteiger partial charge in [0.25, 0.3) is 0 Å². The molecule has 6 heteroatoms. The first-order valence-corrected chi connectivity index (χ1v) is 5.61. The molecule has 0 atom stereocenters. The molecule has 0 fully saturated rings. The number of hydrogen-bond donors (Lipinski definition) is 1. The quantitative estimate of drug-likeness (QED) is 0.644. The molecule has 94 valence electrons. The van der Waals surface area contributed by atoms with Crippen LogP contribution in [0.15, 0.2) is 36.7 Å². The number of aryl methyl sites for hydroxylation is 1. The lowest BCUT2D eigenvalue weighted by Crippen LogP contribution is -2.05. The molecular formula is C12H13N3O3. The van der Waals surface area contributed by atoms with Crippen molar-refractivity contribution in [1.29, 1.82) is 0 Å². The van der Waals surface area contributed by atoms with Gasteiger partial charge in [-0.15, -0.1) is 0 Å². The lowest BCUT2D eigenvalue weighted by molar-refractivity contribution is -0.384. The van der Waals surface area contributed by atoms with Crippen LogP contribution in [0.2, 0.25) is 0 Å². The number of nitro groups is 1. The Balaban J connectivity index is 2.42. The molecular weight excluding hydrogens is 234 g/mol. The van der Waals surface area contributed by atoms with E-state index in [0.29, 0.717) is 18.7 Å². The summed E-state index contributed by atoms with van der Waals surface area (Å²) in [5, 5.41) is 19.8. The summed E-state index contributed by atoms with van der Waals surface area (Å²) in [6.45, 7) is 0.0927. The van der Waals surface area contributed by atoms with E-state index in [0.717, 1.165) is 5.69 Å². The molecule has 2 aromatic heterocycles. The fourth-order valence-electron chi connectivity index (χ4n) is 1.80. The van der Waals surface area contributed by atoms with Gasteiger partial charge < -0.3 is 5.11 Å². The van der Waals surface area contributed by atoms with E-state index in [-0.39, 0.29) is 12.3 Å². The predicted molar refractivity (Wildman–Crippen MR) is 65.6 cm³/mol. The zero-order valence-electron chi connectivity index (χ0n) is 9.69. The number of aliphatic hydroxyl groups excluding tert-OH is 1. The smallest absolute Gasteiger partial charge is 0.312 e. The Kier molecular flexibility index (Phi) is 3.69. The maximum Gasteiger partial charge on any atom is 0.312 e. The van der Waals surface area contributed by atoms with Crippen molar-refractivity contribution in [3.05, 3.63) is 52.5 Å². The molecule has 0 spiro atoms. The molecule has 0 saturated carbocycles. The van der Waals surface area contributed by atoms with Crippen LogP contribution in [0, 0.1) is 10.1 Å². The molecule has 18 heavy (non-hydrogen) atoms. The Hall–Kier alpha value is -2.21. The fraction of sp³-hybridized carbons (Fsp3) is 0.250. The molecule has 0 aromatic carbocycles. The van der Waals surface area contributed by atoms with Crippen molar-refractivity contribution < 1.29 is 10.0 Å². The van der Waals surface area contributed by atoms with Gasteiger partial charge in [0.05, 0.1) is 4.92 Å². The molecule has 0 bridgehead atoms. The van der Waals surface area contributed by atoms with Gasteiger partial charge in [-0.3, -0.25) is 14.7 Å². The minimum atomic E-state index is -0.446. The maximum atomic E-state index is 11.0. The minimum Gasteiger partial charge on any atom is -0.396 e. The third-order valence-corrected chi connectivity index (χ3v) is 2.62. The van der Waals surface area contributed by atoms with E-state index in [1.807, 2.05) is 12.1 Å². The number of aliphatic hydroxyl groups is 1. The van der Waals surface area contributed by atoms with Gasteiger partial charge in [0.15, 0.2) is 0 Å². The van der Waals surface area contributed by atoms with E-state index < -0.39 is 4.92 Å². The first-order valence-electron chi connectivity index (χ1n) is 5.61. The average molecular weight is 247 g/mol. The molecule has 1 N–H and O–H groups in total. The second kappa shape index (κ2) is 5.42. The van der Waals surface area contributed by atoms with Crippen LogP contribution in [0.1, 0.15) is 12.1 Å². The molecule has 0 aliphatic carbocycles. The summed E-state index contributed by atoms with van der Waals surface area (Å²) in [4.78, 5) is 14.6. The molecule has 0 saturated heterocycles. The number of pyridine rings is 1. The first-order chi connectivity index (χ1) is 8.74. The van der Waals surface area contributed by atoms with Gasteiger partial charge >= 0.3 is 5.69 Å². The highest BCUT2D eigenvalue weighted by atomic mass is 16.6. The van der Waals surface area contributed by atoms with Gasteiger partial charge in [-0.2, -0.15) is 0 Å². The largest absolute Gasteiger partial charge is 0.396 e. The van der Waals surface area contributed by atoms with Crippen molar-refractivity contribution >= 4 is 5.69 Å². The standard InChI is InChI=1S/C12H13N3O3/c16-9-3-5-10-4-2-8-14(10)12-11(15(17)18)6-1-7-13-12/h1-2,4,6-8,16H,3,5,9H2. The summed E-state index contributed by atoms with van der Waals surface area (Å²) in [6, 6.07) is 6.65. The van der Waals surface area contributed by atoms with Crippen LogP contribution in [-0.2, 0) is 6.42 Å². The van der Waals surface area contributed by atoms with Crippen molar-refractivity contribution in [3.63, 3.8) is 0 Å². The highest BCUT2D eigenvalue weighted by molar-refractivity contribution is 5.47. The van der Waals surface area contributed by atoms with Crippen molar-refractivity contribution in [2.45, 2.75) is 12.8 Å². The van der Waals surface area contributed by atoms with Crippen LogP contribution in [0.25, 0.3) is 5.82 Å². The van der Waals surface area contributed by atoms with Crippen molar-refractivity contribution in [2.24, 2.45) is 0 Å². The van der Waals surface area contributed by atoms with Crippen LogP contribution in [0.5, 0.6) is 0 Å². The molecule has 2 heterocycles. The van der Waals surface area contributed by atoms with E-state index in [1.54, 1.807) is 16.8 Å². The van der Waals surface area contributed by atoms with Gasteiger partial charge in [-0.25, -0.2) is 4.98 Å². The fourth-order valence-corrected chi connectivity index (χ4v) is 1.80. The highest BCUT2D eigenvalue weighted by Crippen LogP contribution is 2.22. The summed E-state index contributed by atoms with van der Waals surface area (Å²) in [5.41, 5.74) is 0.866. The van der Waals surface area contributed by atoms with E-state index in [9.17, 15) is 10.1 Å². The van der Waals surface area contributed by atoms with E-state index in [4.69, 9.17) is 5.11 Å². The van der Waals surface area contributed by atoms with Gasteiger partial charge in [0.1, 0.15) is 0 Å². The lowest BCUT2D eigenvalue weighted by atomic mass is 10.2. The second-order valence-corrected chi connectivity index (χ2v) is 3.80. The summed E-state index contributed by atoms with van der Waals surface area (Å²) in [6.07, 6.45) is 4.53. The van der Waals surface area contributed by atoms with Crippen LogP contribution in [0.3, 0.4) is 0 Å². The van der Waals surface area contributed by atoms with Gasteiger partial charge in [0, 0.05) is 30.8 Å². The normalized spacial score (nSPS) is 10.5. The van der Waals surface area contributed by atoms with Gasteiger partial charge in [-0.1, -0.05) is 0 Å². The Morgan fingerprint density at radius 1 is 1.39 bits per heavy atom. The first kappa shape index (κ1) is 12.3. The monoisotopic (exact) mass is 247 g/mol. The lowest BCUT2D eigenvalue weighted by Gasteiger charge is -2.07. The van der Waals surface area contributed by atoms with Crippen LogP contribution in [0.4, 0.5) is 5.69 Å². The van der Waals surface area contributed by atoms with Crippen molar-refractivity contribution in [1.82, 2.24) is 9.55 Å². The van der Waals surface area contributed by atoms with Crippen LogP contribution < -0.4 is 0 Å². The van der Waals surface area contributed by atoms with Crippen LogP contribution >= 0.6 is 0 Å². The Bertz CT molecular complexity index is 551. The number of nitrogens with zero attached hydrogens (tertiary/aromatic N) is 3. The zero-order chi connectivity index (χ0) is 13.0. The summed E-state index contributed by atoms with van der Waals surface area (Å²) >= 11 is 0. The van der Waals surface area contributed by atoms with Gasteiger partial charge in [-0.05, 0) is 31.0 Å². The molecule has 0 unspecified atom stereocenters. The molecule has 0 aliphatic heterocycles. The average Bonchev–Trinajstić information content (AvgIpc) is 2.84. The molecule has 2 aromatic rings. The van der Waals surface area contributed by atoms with E-state index in [2.05, 4.69) is 4.98 Å². The maximum absolute atomic E-state index is 11.0. The number of rotatable bonds is 5. The Morgan fingerprint density at radius 2 is 2.22 bits per heavy atom. The third kappa shape index (κ3) is 2.38. The predicted octanol–water partition coefficient (Wildman–Crippen LogP) is 1.71. The zero-order valence-corrected chi connectivity index (χ0v) is 9.69. The van der Waals surface area contributed by atoms with Crippen LogP contribution in [-0.4, -0.2) is 26.2 Å². The molecule has 0 amide bonds. The Morgan fingerprint density at radius 3 is 2.94 bits per heavy atom. The van der Waals surface area contributed by atoms with Crippen molar-refractivity contribution in [3.8, 4) is 5.82 Å². The number of hydrogen-bond acceptors (Lipinski definition) is 4. The molecule has 6 nitrogen and oxygen atoms in total. The summed E-state index contributed by atoms with van der Waals surface area (Å²) in [7, 11) is 0. The van der Waals surface area contributed by atoms with E-state index >= 15 is 0 Å². The van der Waals surface area contributed by atoms with Crippen molar-refractivity contribution in [2.75, 3.05) is 6.61 Å². The molecule has 0 radical (unpaired) electrons. The third-order valence-electron chi connectivity index (χ3n) is 2.62. The van der Waals surface area contributed by atoms with Gasteiger partial charge in [0.2, 0.25) is 5.82 Å². The topological polar surface area (TPSA) is 81.2 Å². The summed E-state index contributed by atoms with van der Waals surface area (Å²) in [5.74, 6) is 0.306. The second-order valence-electron chi connectivity index (χ2n) is 3.80. The van der Waals surface area contributed by atoms with E-state index in [1.165, 1.54) is 12.3 Å². The summed E-state index contributed by atoms with van der Waals surface area (Å²) < 4.78 is 1.69. The molecule has 2 rings (SSSR count). The Labute approximate surface area is 104 Å². The highest BCUT2D eigenvalue weighted by Gasteiger charge is 2.17. The number of aromatic nitrogens is 2.